The third kappa shape index (κ3) is 2.60. The maximum Gasteiger partial charge on any atom is 0.119 e. The zero-order chi connectivity index (χ0) is 10.7. The maximum absolute atomic E-state index is 6.10. The predicted molar refractivity (Wildman–Crippen MR) is 67.5 cm³/mol. The molecule has 0 fully saturated rings. The molecule has 0 aliphatic heterocycles. The van der Waals surface area contributed by atoms with Crippen molar-refractivity contribution in [3.8, 4) is 5.75 Å². The van der Waals surface area contributed by atoms with Gasteiger partial charge in [-0.15, -0.1) is 0 Å². The number of rotatable bonds is 3. The lowest BCUT2D eigenvalue weighted by Gasteiger charge is -2.18. The topological polar surface area (TPSA) is 35.2 Å². The van der Waals surface area contributed by atoms with Crippen molar-refractivity contribution in [2.45, 2.75) is 19.9 Å². The molecule has 0 saturated carbocycles. The molecule has 0 radical (unpaired) electrons. The van der Waals surface area contributed by atoms with Gasteiger partial charge in [-0.25, -0.2) is 0 Å². The van der Waals surface area contributed by atoms with E-state index in [0.717, 1.165) is 5.75 Å². The summed E-state index contributed by atoms with van der Waals surface area (Å²) in [5.41, 5.74) is 7.27. The first-order valence-electron chi connectivity index (χ1n) is 4.65. The predicted octanol–water partition coefficient (Wildman–Crippen LogP) is 2.96. The van der Waals surface area contributed by atoms with E-state index in [9.17, 15) is 0 Å². The van der Waals surface area contributed by atoms with E-state index in [1.54, 1.807) is 7.11 Å². The molecule has 0 amide bonds. The fourth-order valence-corrected chi connectivity index (χ4v) is 1.96. The minimum absolute atomic E-state index is 0.0806. The number of hydrogen-bond donors (Lipinski definition) is 1. The standard InChI is InChI=1S/C11H16INO/c1-7(2)11(13)9-6-8(14-3)4-5-10(9)12/h4-7,11H,13H2,1-3H3/t11-/m1/s1. The summed E-state index contributed by atoms with van der Waals surface area (Å²) >= 11 is 2.31. The van der Waals surface area contributed by atoms with Crippen molar-refractivity contribution in [2.24, 2.45) is 11.7 Å². The Bertz CT molecular complexity index is 312. The van der Waals surface area contributed by atoms with Crippen LogP contribution < -0.4 is 10.5 Å². The van der Waals surface area contributed by atoms with Crippen molar-refractivity contribution >= 4 is 22.6 Å². The molecular formula is C11H16INO. The quantitative estimate of drug-likeness (QED) is 0.872. The van der Waals surface area contributed by atoms with E-state index < -0.39 is 0 Å². The van der Waals surface area contributed by atoms with Crippen LogP contribution in [0.5, 0.6) is 5.75 Å². The fourth-order valence-electron chi connectivity index (χ4n) is 1.26. The highest BCUT2D eigenvalue weighted by Gasteiger charge is 2.14. The van der Waals surface area contributed by atoms with Crippen LogP contribution in [0.2, 0.25) is 0 Å². The van der Waals surface area contributed by atoms with Gasteiger partial charge in [-0.1, -0.05) is 13.8 Å². The first kappa shape index (κ1) is 11.8. The van der Waals surface area contributed by atoms with Crippen molar-refractivity contribution in [3.05, 3.63) is 27.3 Å². The van der Waals surface area contributed by atoms with Gasteiger partial charge in [-0.05, 0) is 52.3 Å². The molecule has 1 atom stereocenters. The van der Waals surface area contributed by atoms with E-state index in [4.69, 9.17) is 10.5 Å². The molecule has 0 aliphatic carbocycles. The molecule has 0 spiro atoms. The SMILES string of the molecule is COc1ccc(I)c([C@H](N)C(C)C)c1. The highest BCUT2D eigenvalue weighted by Crippen LogP contribution is 2.27. The minimum Gasteiger partial charge on any atom is -0.497 e. The summed E-state index contributed by atoms with van der Waals surface area (Å²) < 4.78 is 6.38. The van der Waals surface area contributed by atoms with Crippen molar-refractivity contribution in [1.29, 1.82) is 0 Å². The van der Waals surface area contributed by atoms with Gasteiger partial charge in [0.15, 0.2) is 0 Å². The average Bonchev–Trinajstić information content (AvgIpc) is 2.17. The van der Waals surface area contributed by atoms with Crippen LogP contribution in [-0.4, -0.2) is 7.11 Å². The Morgan fingerprint density at radius 1 is 1.36 bits per heavy atom. The molecule has 1 aromatic rings. The molecule has 2 N–H and O–H groups in total. The molecule has 0 heterocycles. The molecule has 0 aromatic heterocycles. The molecule has 2 nitrogen and oxygen atoms in total. The summed E-state index contributed by atoms with van der Waals surface area (Å²) in [7, 11) is 1.67. The van der Waals surface area contributed by atoms with E-state index in [2.05, 4.69) is 36.4 Å². The van der Waals surface area contributed by atoms with Gasteiger partial charge in [0.1, 0.15) is 5.75 Å². The molecule has 3 heteroatoms. The monoisotopic (exact) mass is 305 g/mol. The second kappa shape index (κ2) is 4.98. The second-order valence-electron chi connectivity index (χ2n) is 3.66. The van der Waals surface area contributed by atoms with Gasteiger partial charge in [0.25, 0.3) is 0 Å². The van der Waals surface area contributed by atoms with Crippen LogP contribution in [0, 0.1) is 9.49 Å². The maximum atomic E-state index is 6.10. The molecule has 0 aliphatic rings. The second-order valence-corrected chi connectivity index (χ2v) is 4.82. The average molecular weight is 305 g/mol. The lowest BCUT2D eigenvalue weighted by atomic mass is 9.97. The van der Waals surface area contributed by atoms with E-state index in [1.807, 2.05) is 18.2 Å². The summed E-state index contributed by atoms with van der Waals surface area (Å²) in [5, 5.41) is 0. The number of hydrogen-bond acceptors (Lipinski definition) is 2. The Hall–Kier alpha value is -0.290. The van der Waals surface area contributed by atoms with Gasteiger partial charge in [0.2, 0.25) is 0 Å². The van der Waals surface area contributed by atoms with Crippen LogP contribution in [0.25, 0.3) is 0 Å². The van der Waals surface area contributed by atoms with E-state index >= 15 is 0 Å². The van der Waals surface area contributed by atoms with Crippen molar-refractivity contribution in [3.63, 3.8) is 0 Å². The Balaban J connectivity index is 3.05. The van der Waals surface area contributed by atoms with Gasteiger partial charge in [0.05, 0.1) is 7.11 Å². The van der Waals surface area contributed by atoms with Crippen LogP contribution >= 0.6 is 22.6 Å². The van der Waals surface area contributed by atoms with Gasteiger partial charge in [0, 0.05) is 9.61 Å². The normalized spacial score (nSPS) is 13.0. The van der Waals surface area contributed by atoms with Gasteiger partial charge in [-0.2, -0.15) is 0 Å². The van der Waals surface area contributed by atoms with Gasteiger partial charge in [-0.3, -0.25) is 0 Å². The zero-order valence-electron chi connectivity index (χ0n) is 8.75. The summed E-state index contributed by atoms with van der Waals surface area (Å²) in [5.74, 6) is 1.31. The molecule has 0 bridgehead atoms. The van der Waals surface area contributed by atoms with Crippen molar-refractivity contribution in [2.75, 3.05) is 7.11 Å². The summed E-state index contributed by atoms with van der Waals surface area (Å²) in [6.07, 6.45) is 0. The first-order valence-corrected chi connectivity index (χ1v) is 5.73. The Labute approximate surface area is 99.0 Å². The minimum atomic E-state index is 0.0806. The van der Waals surface area contributed by atoms with E-state index in [1.165, 1.54) is 9.13 Å². The lowest BCUT2D eigenvalue weighted by Crippen LogP contribution is -2.17. The van der Waals surface area contributed by atoms with Crippen LogP contribution in [0.4, 0.5) is 0 Å². The highest BCUT2D eigenvalue weighted by atomic mass is 127. The lowest BCUT2D eigenvalue weighted by molar-refractivity contribution is 0.412. The summed E-state index contributed by atoms with van der Waals surface area (Å²) in [6, 6.07) is 6.10. The number of benzene rings is 1. The van der Waals surface area contributed by atoms with E-state index in [-0.39, 0.29) is 6.04 Å². The third-order valence-electron chi connectivity index (χ3n) is 2.28. The molecule has 78 valence electrons. The number of methoxy groups -OCH3 is 1. The fraction of sp³-hybridized carbons (Fsp3) is 0.455. The number of halogens is 1. The third-order valence-corrected chi connectivity index (χ3v) is 3.26. The smallest absolute Gasteiger partial charge is 0.119 e. The van der Waals surface area contributed by atoms with Gasteiger partial charge < -0.3 is 10.5 Å². The van der Waals surface area contributed by atoms with Crippen LogP contribution in [0.15, 0.2) is 18.2 Å². The summed E-state index contributed by atoms with van der Waals surface area (Å²) in [4.78, 5) is 0. The van der Waals surface area contributed by atoms with Crippen molar-refractivity contribution in [1.82, 2.24) is 0 Å². The first-order chi connectivity index (χ1) is 6.56. The molecule has 14 heavy (non-hydrogen) atoms. The largest absolute Gasteiger partial charge is 0.497 e. The molecular weight excluding hydrogens is 289 g/mol. The van der Waals surface area contributed by atoms with E-state index in [0.29, 0.717) is 5.92 Å². The molecule has 0 saturated heterocycles. The Morgan fingerprint density at radius 2 is 2.00 bits per heavy atom. The molecule has 0 unspecified atom stereocenters. The molecule has 1 rings (SSSR count). The molecule has 1 aromatic carbocycles. The number of nitrogens with two attached hydrogens (primary N) is 1. The Kier molecular flexibility index (Phi) is 4.19. The van der Waals surface area contributed by atoms with Crippen molar-refractivity contribution < 1.29 is 4.74 Å². The van der Waals surface area contributed by atoms with Crippen LogP contribution in [-0.2, 0) is 0 Å². The zero-order valence-corrected chi connectivity index (χ0v) is 10.9. The number of ether oxygens (including phenoxy) is 1. The van der Waals surface area contributed by atoms with Gasteiger partial charge >= 0.3 is 0 Å². The summed E-state index contributed by atoms with van der Waals surface area (Å²) in [6.45, 7) is 4.25. The Morgan fingerprint density at radius 3 is 2.50 bits per heavy atom. The highest BCUT2D eigenvalue weighted by molar-refractivity contribution is 14.1. The van der Waals surface area contributed by atoms with Crippen LogP contribution in [0.3, 0.4) is 0 Å². The van der Waals surface area contributed by atoms with Crippen LogP contribution in [0.1, 0.15) is 25.5 Å².